The predicted molar refractivity (Wildman–Crippen MR) is 75.6 cm³/mol. The second kappa shape index (κ2) is 7.35. The maximum Gasteiger partial charge on any atom is -0.0389 e. The Kier molecular flexibility index (Phi) is 7.35. The van der Waals surface area contributed by atoms with Crippen molar-refractivity contribution in [1.82, 2.24) is 0 Å². The highest BCUT2D eigenvalue weighted by Crippen LogP contribution is 2.32. The van der Waals surface area contributed by atoms with Gasteiger partial charge in [-0.3, -0.25) is 0 Å². The van der Waals surface area contributed by atoms with Crippen molar-refractivity contribution in [2.75, 3.05) is 0 Å². The van der Waals surface area contributed by atoms with Gasteiger partial charge in [-0.25, -0.2) is 0 Å². The first-order chi connectivity index (χ1) is 7.31. The van der Waals surface area contributed by atoms with Crippen LogP contribution in [0.15, 0.2) is 0 Å². The van der Waals surface area contributed by atoms with Crippen molar-refractivity contribution in [2.24, 2.45) is 35.5 Å². The van der Waals surface area contributed by atoms with Gasteiger partial charge in [-0.15, -0.1) is 0 Å². The summed E-state index contributed by atoms with van der Waals surface area (Å²) in [5, 5.41) is 0. The van der Waals surface area contributed by atoms with Gasteiger partial charge < -0.3 is 0 Å². The summed E-state index contributed by atoms with van der Waals surface area (Å²) in [4.78, 5) is 0. The summed E-state index contributed by atoms with van der Waals surface area (Å²) in [7, 11) is 0. The van der Waals surface area contributed by atoms with Crippen molar-refractivity contribution in [3.05, 3.63) is 0 Å². The molecule has 5 atom stereocenters. The van der Waals surface area contributed by atoms with Gasteiger partial charge in [-0.2, -0.15) is 0 Å². The molecule has 0 amide bonds. The maximum atomic E-state index is 2.45. The van der Waals surface area contributed by atoms with Crippen LogP contribution in [0.2, 0.25) is 0 Å². The number of hydrogen-bond donors (Lipinski definition) is 0. The SMILES string of the molecule is CCC(C)C(C)CC(C)C(C)C(C)C(C)C. The molecular weight excluding hydrogens is 192 g/mol. The van der Waals surface area contributed by atoms with E-state index in [1.165, 1.54) is 12.8 Å². The lowest BCUT2D eigenvalue weighted by atomic mass is 9.74. The Balaban J connectivity index is 4.19. The molecule has 0 rings (SSSR count). The predicted octanol–water partition coefficient (Wildman–Crippen LogP) is 5.62. The van der Waals surface area contributed by atoms with Crippen LogP contribution in [0, 0.1) is 35.5 Å². The van der Waals surface area contributed by atoms with Crippen molar-refractivity contribution in [3.8, 4) is 0 Å². The molecule has 0 aromatic rings. The molecule has 0 aliphatic heterocycles. The summed E-state index contributed by atoms with van der Waals surface area (Å²) in [5.74, 6) is 5.13. The van der Waals surface area contributed by atoms with E-state index in [2.05, 4.69) is 55.4 Å². The Labute approximate surface area is 104 Å². The Bertz CT molecular complexity index is 171. The third kappa shape index (κ3) is 4.89. The van der Waals surface area contributed by atoms with Crippen LogP contribution in [0.5, 0.6) is 0 Å². The van der Waals surface area contributed by atoms with E-state index in [0.29, 0.717) is 0 Å². The van der Waals surface area contributed by atoms with E-state index in [1.54, 1.807) is 0 Å². The second-order valence-electron chi connectivity index (χ2n) is 6.54. The van der Waals surface area contributed by atoms with Crippen molar-refractivity contribution in [1.29, 1.82) is 0 Å². The van der Waals surface area contributed by atoms with Crippen molar-refractivity contribution >= 4 is 0 Å². The lowest BCUT2D eigenvalue weighted by Crippen LogP contribution is -2.23. The molecule has 0 aromatic carbocycles. The molecule has 0 saturated carbocycles. The smallest absolute Gasteiger partial charge is 0.0389 e. The van der Waals surface area contributed by atoms with Crippen LogP contribution in [0.25, 0.3) is 0 Å². The second-order valence-corrected chi connectivity index (χ2v) is 6.54. The zero-order valence-corrected chi connectivity index (χ0v) is 12.9. The summed E-state index contributed by atoms with van der Waals surface area (Å²) in [5.41, 5.74) is 0. The molecule has 16 heavy (non-hydrogen) atoms. The fraction of sp³-hybridized carbons (Fsp3) is 1.00. The molecule has 5 unspecified atom stereocenters. The highest BCUT2D eigenvalue weighted by molar-refractivity contribution is 4.73. The molecular formula is C16H34. The normalized spacial score (nSPS) is 21.6. The Hall–Kier alpha value is 0. The van der Waals surface area contributed by atoms with Crippen LogP contribution in [0.1, 0.15) is 68.2 Å². The first kappa shape index (κ1) is 16.0. The average Bonchev–Trinajstić information content (AvgIpc) is 2.25. The maximum absolute atomic E-state index is 2.45. The molecule has 0 aliphatic rings. The average molecular weight is 226 g/mol. The van der Waals surface area contributed by atoms with Gasteiger partial charge in [0.05, 0.1) is 0 Å². The minimum absolute atomic E-state index is 0.816. The Morgan fingerprint density at radius 1 is 0.625 bits per heavy atom. The minimum Gasteiger partial charge on any atom is -0.0651 e. The Morgan fingerprint density at radius 2 is 1.12 bits per heavy atom. The van der Waals surface area contributed by atoms with Gasteiger partial charge in [0.25, 0.3) is 0 Å². The van der Waals surface area contributed by atoms with Gasteiger partial charge in [0, 0.05) is 0 Å². The van der Waals surface area contributed by atoms with E-state index >= 15 is 0 Å². The van der Waals surface area contributed by atoms with E-state index in [9.17, 15) is 0 Å². The number of hydrogen-bond acceptors (Lipinski definition) is 0. The van der Waals surface area contributed by atoms with E-state index in [1.807, 2.05) is 0 Å². The zero-order chi connectivity index (χ0) is 12.9. The fourth-order valence-corrected chi connectivity index (χ4v) is 2.56. The quantitative estimate of drug-likeness (QED) is 0.528. The van der Waals surface area contributed by atoms with Gasteiger partial charge in [0.1, 0.15) is 0 Å². The third-order valence-electron chi connectivity index (χ3n) is 5.14. The standard InChI is InChI=1S/C16H34/c1-9-12(4)13(5)10-14(6)16(8)15(7)11(2)3/h11-16H,9-10H2,1-8H3. The van der Waals surface area contributed by atoms with Crippen LogP contribution in [-0.4, -0.2) is 0 Å². The fourth-order valence-electron chi connectivity index (χ4n) is 2.56. The van der Waals surface area contributed by atoms with Crippen LogP contribution in [0.3, 0.4) is 0 Å². The van der Waals surface area contributed by atoms with Gasteiger partial charge in [0.15, 0.2) is 0 Å². The molecule has 0 aromatic heterocycles. The van der Waals surface area contributed by atoms with Crippen molar-refractivity contribution in [3.63, 3.8) is 0 Å². The van der Waals surface area contributed by atoms with Gasteiger partial charge in [0.2, 0.25) is 0 Å². The molecule has 0 fully saturated rings. The summed E-state index contributed by atoms with van der Waals surface area (Å²) in [6.45, 7) is 19.1. The molecule has 0 nitrogen and oxygen atoms in total. The van der Waals surface area contributed by atoms with E-state index in [-0.39, 0.29) is 0 Å². The molecule has 0 heterocycles. The topological polar surface area (TPSA) is 0 Å². The molecule has 0 spiro atoms. The van der Waals surface area contributed by atoms with E-state index < -0.39 is 0 Å². The highest BCUT2D eigenvalue weighted by atomic mass is 14.3. The minimum atomic E-state index is 0.816. The van der Waals surface area contributed by atoms with Crippen LogP contribution >= 0.6 is 0 Å². The molecule has 0 N–H and O–H groups in total. The monoisotopic (exact) mass is 226 g/mol. The number of rotatable bonds is 7. The third-order valence-corrected chi connectivity index (χ3v) is 5.14. The molecule has 0 heteroatoms. The first-order valence-corrected chi connectivity index (χ1v) is 7.31. The molecule has 0 bridgehead atoms. The largest absolute Gasteiger partial charge is 0.0651 e. The van der Waals surface area contributed by atoms with Crippen molar-refractivity contribution < 1.29 is 0 Å². The highest BCUT2D eigenvalue weighted by Gasteiger charge is 2.24. The van der Waals surface area contributed by atoms with Crippen LogP contribution < -0.4 is 0 Å². The van der Waals surface area contributed by atoms with Crippen LogP contribution in [-0.2, 0) is 0 Å². The molecule has 0 saturated heterocycles. The summed E-state index contributed by atoms with van der Waals surface area (Å²) < 4.78 is 0. The molecule has 0 radical (unpaired) electrons. The van der Waals surface area contributed by atoms with E-state index in [0.717, 1.165) is 35.5 Å². The summed E-state index contributed by atoms with van der Waals surface area (Å²) in [6, 6.07) is 0. The Morgan fingerprint density at radius 3 is 1.50 bits per heavy atom. The molecule has 98 valence electrons. The lowest BCUT2D eigenvalue weighted by Gasteiger charge is -2.31. The zero-order valence-electron chi connectivity index (χ0n) is 12.9. The summed E-state index contributed by atoms with van der Waals surface area (Å²) in [6.07, 6.45) is 2.72. The van der Waals surface area contributed by atoms with Gasteiger partial charge >= 0.3 is 0 Å². The molecule has 0 aliphatic carbocycles. The lowest BCUT2D eigenvalue weighted by molar-refractivity contribution is 0.182. The van der Waals surface area contributed by atoms with E-state index in [4.69, 9.17) is 0 Å². The van der Waals surface area contributed by atoms with Gasteiger partial charge in [-0.1, -0.05) is 61.8 Å². The van der Waals surface area contributed by atoms with Crippen LogP contribution in [0.4, 0.5) is 0 Å². The summed E-state index contributed by atoms with van der Waals surface area (Å²) >= 11 is 0. The van der Waals surface area contributed by atoms with Gasteiger partial charge in [-0.05, 0) is 41.9 Å². The van der Waals surface area contributed by atoms with Crippen molar-refractivity contribution in [2.45, 2.75) is 68.2 Å². The first-order valence-electron chi connectivity index (χ1n) is 7.31.